The Morgan fingerprint density at radius 2 is 2.40 bits per heavy atom. The number of fused-ring (bicyclic) bond motifs is 1. The minimum Gasteiger partial charge on any atom is -0.383 e. The minimum atomic E-state index is 0.814. The van der Waals surface area contributed by atoms with Gasteiger partial charge in [0.1, 0.15) is 0 Å². The van der Waals surface area contributed by atoms with Crippen LogP contribution in [0.5, 0.6) is 0 Å². The third-order valence-corrected chi connectivity index (χ3v) is 3.04. The van der Waals surface area contributed by atoms with E-state index >= 15 is 0 Å². The molecular formula is C11H19N3O. The molecule has 1 aliphatic rings. The zero-order chi connectivity index (χ0) is 10.7. The molecule has 2 heterocycles. The third-order valence-electron chi connectivity index (χ3n) is 3.04. The molecule has 2 rings (SSSR count). The Morgan fingerprint density at radius 3 is 3.13 bits per heavy atom. The van der Waals surface area contributed by atoms with Gasteiger partial charge in [-0.3, -0.25) is 10.00 Å². The summed E-state index contributed by atoms with van der Waals surface area (Å²) in [5.74, 6) is 0. The van der Waals surface area contributed by atoms with Crippen molar-refractivity contribution in [3.63, 3.8) is 0 Å². The van der Waals surface area contributed by atoms with Gasteiger partial charge in [-0.1, -0.05) is 6.92 Å². The van der Waals surface area contributed by atoms with Crippen molar-refractivity contribution < 1.29 is 4.74 Å². The molecule has 0 amide bonds. The van der Waals surface area contributed by atoms with Crippen LogP contribution < -0.4 is 0 Å². The van der Waals surface area contributed by atoms with Crippen molar-refractivity contribution in [2.24, 2.45) is 0 Å². The number of rotatable bonds is 4. The lowest BCUT2D eigenvalue weighted by molar-refractivity contribution is 0.140. The quantitative estimate of drug-likeness (QED) is 0.803. The predicted octanol–water partition coefficient (Wildman–Crippen LogP) is 0.977. The van der Waals surface area contributed by atoms with Gasteiger partial charge in [-0.15, -0.1) is 0 Å². The van der Waals surface area contributed by atoms with Crippen molar-refractivity contribution in [1.29, 1.82) is 0 Å². The molecule has 0 unspecified atom stereocenters. The molecule has 4 nitrogen and oxygen atoms in total. The Hall–Kier alpha value is -0.870. The maximum Gasteiger partial charge on any atom is 0.0667 e. The van der Waals surface area contributed by atoms with Gasteiger partial charge in [0.15, 0.2) is 0 Å². The van der Waals surface area contributed by atoms with Gasteiger partial charge in [0, 0.05) is 44.4 Å². The van der Waals surface area contributed by atoms with Crippen molar-refractivity contribution in [2.45, 2.75) is 26.3 Å². The van der Waals surface area contributed by atoms with Crippen LogP contribution in [0.1, 0.15) is 23.9 Å². The van der Waals surface area contributed by atoms with Crippen molar-refractivity contribution in [2.75, 3.05) is 26.8 Å². The van der Waals surface area contributed by atoms with Crippen LogP contribution in [0.3, 0.4) is 0 Å². The largest absolute Gasteiger partial charge is 0.383 e. The van der Waals surface area contributed by atoms with Gasteiger partial charge in [-0.25, -0.2) is 0 Å². The molecule has 0 bridgehead atoms. The molecule has 0 saturated carbocycles. The number of methoxy groups -OCH3 is 1. The first-order valence-corrected chi connectivity index (χ1v) is 5.61. The first kappa shape index (κ1) is 10.6. The maximum absolute atomic E-state index is 5.11. The smallest absolute Gasteiger partial charge is 0.0667 e. The number of ether oxygens (including phenoxy) is 1. The SMILES string of the molecule is CCc1n[nH]c2c1CN(CCOC)CC2. The fourth-order valence-electron chi connectivity index (χ4n) is 2.11. The highest BCUT2D eigenvalue weighted by Crippen LogP contribution is 2.20. The summed E-state index contributed by atoms with van der Waals surface area (Å²) < 4.78 is 5.11. The molecule has 15 heavy (non-hydrogen) atoms. The minimum absolute atomic E-state index is 0.814. The highest BCUT2D eigenvalue weighted by Gasteiger charge is 2.20. The van der Waals surface area contributed by atoms with E-state index in [2.05, 4.69) is 22.0 Å². The Bertz CT molecular complexity index is 308. The van der Waals surface area contributed by atoms with Gasteiger partial charge >= 0.3 is 0 Å². The molecule has 84 valence electrons. The normalized spacial score (nSPS) is 16.7. The lowest BCUT2D eigenvalue weighted by Crippen LogP contribution is -2.33. The van der Waals surface area contributed by atoms with E-state index in [9.17, 15) is 0 Å². The number of nitrogens with one attached hydrogen (secondary N) is 1. The number of aromatic nitrogens is 2. The fourth-order valence-corrected chi connectivity index (χ4v) is 2.11. The average molecular weight is 209 g/mol. The summed E-state index contributed by atoms with van der Waals surface area (Å²) in [6.45, 7) is 6.13. The van der Waals surface area contributed by atoms with E-state index in [1.807, 2.05) is 0 Å². The number of H-pyrrole nitrogens is 1. The maximum atomic E-state index is 5.11. The second kappa shape index (κ2) is 4.77. The number of nitrogens with zero attached hydrogens (tertiary/aromatic N) is 2. The van der Waals surface area contributed by atoms with Crippen LogP contribution in [0.15, 0.2) is 0 Å². The van der Waals surface area contributed by atoms with Gasteiger partial charge in [0.25, 0.3) is 0 Å². The second-order valence-corrected chi connectivity index (χ2v) is 4.00. The highest BCUT2D eigenvalue weighted by molar-refractivity contribution is 5.27. The molecule has 4 heteroatoms. The summed E-state index contributed by atoms with van der Waals surface area (Å²) >= 11 is 0. The van der Waals surface area contributed by atoms with E-state index < -0.39 is 0 Å². The standard InChI is InChI=1S/C11H19N3O/c1-3-10-9-8-14(6-7-15-2)5-4-11(9)13-12-10/h3-8H2,1-2H3,(H,12,13). The summed E-state index contributed by atoms with van der Waals surface area (Å²) in [6.07, 6.45) is 2.11. The van der Waals surface area contributed by atoms with Crippen molar-refractivity contribution >= 4 is 0 Å². The van der Waals surface area contributed by atoms with Gasteiger partial charge in [-0.2, -0.15) is 5.10 Å². The molecule has 0 fully saturated rings. The van der Waals surface area contributed by atoms with Crippen LogP contribution in [0, 0.1) is 0 Å². The summed E-state index contributed by atoms with van der Waals surface area (Å²) in [5.41, 5.74) is 3.98. The summed E-state index contributed by atoms with van der Waals surface area (Å²) in [6, 6.07) is 0. The number of hydrogen-bond donors (Lipinski definition) is 1. The van der Waals surface area contributed by atoms with E-state index in [1.54, 1.807) is 7.11 Å². The van der Waals surface area contributed by atoms with E-state index in [4.69, 9.17) is 4.74 Å². The first-order valence-electron chi connectivity index (χ1n) is 5.61. The topological polar surface area (TPSA) is 41.2 Å². The van der Waals surface area contributed by atoms with Gasteiger partial charge in [-0.05, 0) is 6.42 Å². The predicted molar refractivity (Wildman–Crippen MR) is 58.8 cm³/mol. The fraction of sp³-hybridized carbons (Fsp3) is 0.727. The molecule has 0 aromatic carbocycles. The molecule has 1 N–H and O–H groups in total. The van der Waals surface area contributed by atoms with E-state index in [0.29, 0.717) is 0 Å². The molecule has 0 saturated heterocycles. The average Bonchev–Trinajstić information content (AvgIpc) is 2.68. The number of aryl methyl sites for hydroxylation is 1. The zero-order valence-corrected chi connectivity index (χ0v) is 9.55. The van der Waals surface area contributed by atoms with Crippen molar-refractivity contribution in [3.05, 3.63) is 17.0 Å². The number of aromatic amines is 1. The van der Waals surface area contributed by atoms with Gasteiger partial charge in [0.05, 0.1) is 12.3 Å². The monoisotopic (exact) mass is 209 g/mol. The number of hydrogen-bond acceptors (Lipinski definition) is 3. The summed E-state index contributed by atoms with van der Waals surface area (Å²) in [7, 11) is 1.75. The molecule has 0 atom stereocenters. The molecule has 0 radical (unpaired) electrons. The van der Waals surface area contributed by atoms with Crippen LogP contribution in [0.4, 0.5) is 0 Å². The Labute approximate surface area is 90.6 Å². The summed E-state index contributed by atoms with van der Waals surface area (Å²) in [5, 5.41) is 7.49. The van der Waals surface area contributed by atoms with Crippen molar-refractivity contribution in [1.82, 2.24) is 15.1 Å². The van der Waals surface area contributed by atoms with Gasteiger partial charge < -0.3 is 4.74 Å². The molecule has 0 spiro atoms. The van der Waals surface area contributed by atoms with Crippen LogP contribution in [-0.2, 0) is 24.1 Å². The van der Waals surface area contributed by atoms with Crippen LogP contribution in [0.2, 0.25) is 0 Å². The Morgan fingerprint density at radius 1 is 1.53 bits per heavy atom. The zero-order valence-electron chi connectivity index (χ0n) is 9.55. The Balaban J connectivity index is 2.04. The molecular weight excluding hydrogens is 190 g/mol. The molecule has 1 aliphatic heterocycles. The highest BCUT2D eigenvalue weighted by atomic mass is 16.5. The van der Waals surface area contributed by atoms with Crippen molar-refractivity contribution in [3.8, 4) is 0 Å². The molecule has 1 aromatic rings. The van der Waals surface area contributed by atoms with E-state index in [1.165, 1.54) is 17.0 Å². The molecule has 0 aliphatic carbocycles. The summed E-state index contributed by atoms with van der Waals surface area (Å²) in [4.78, 5) is 2.43. The van der Waals surface area contributed by atoms with Gasteiger partial charge in [0.2, 0.25) is 0 Å². The van der Waals surface area contributed by atoms with Crippen LogP contribution >= 0.6 is 0 Å². The lowest BCUT2D eigenvalue weighted by atomic mass is 10.0. The lowest BCUT2D eigenvalue weighted by Gasteiger charge is -2.26. The third kappa shape index (κ3) is 2.21. The first-order chi connectivity index (χ1) is 7.35. The molecule has 1 aromatic heterocycles. The van der Waals surface area contributed by atoms with E-state index in [0.717, 1.165) is 39.1 Å². The van der Waals surface area contributed by atoms with Crippen LogP contribution in [0.25, 0.3) is 0 Å². The van der Waals surface area contributed by atoms with Crippen LogP contribution in [-0.4, -0.2) is 41.9 Å². The Kier molecular flexibility index (Phi) is 3.38. The second-order valence-electron chi connectivity index (χ2n) is 4.00. The van der Waals surface area contributed by atoms with E-state index in [-0.39, 0.29) is 0 Å².